The Morgan fingerprint density at radius 3 is 0.750 bits per heavy atom. The third kappa shape index (κ3) is 4.12. The molecule has 4 aromatic carbocycles. The van der Waals surface area contributed by atoms with Crippen LogP contribution >= 0.6 is 0 Å². The van der Waals surface area contributed by atoms with Crippen molar-refractivity contribution in [1.82, 2.24) is 0 Å². The zero-order valence-electron chi connectivity index (χ0n) is 24.6. The molecule has 0 N–H and O–H groups in total. The molecule has 0 spiro atoms. The van der Waals surface area contributed by atoms with Gasteiger partial charge in [0.05, 0.1) is 0 Å². The Balaban J connectivity index is 0.000000132. The van der Waals surface area contributed by atoms with Gasteiger partial charge in [-0.1, -0.05) is 72.8 Å². The second-order valence-corrected chi connectivity index (χ2v) is 12.4. The predicted molar refractivity (Wildman–Crippen MR) is 172 cm³/mol. The maximum atomic E-state index is 2.31. The summed E-state index contributed by atoms with van der Waals surface area (Å²) < 4.78 is 0. The minimum atomic E-state index is 1.22. The number of fused-ring (bicyclic) bond motifs is 4. The number of hydrogen-bond acceptors (Lipinski definition) is 0. The van der Waals surface area contributed by atoms with E-state index in [4.69, 9.17) is 0 Å². The second-order valence-electron chi connectivity index (χ2n) is 12.4. The van der Waals surface area contributed by atoms with Gasteiger partial charge in [0.25, 0.3) is 0 Å². The summed E-state index contributed by atoms with van der Waals surface area (Å²) in [4.78, 5) is 0. The molecule has 0 bridgehead atoms. The van der Waals surface area contributed by atoms with E-state index >= 15 is 0 Å². The van der Waals surface area contributed by atoms with E-state index in [9.17, 15) is 0 Å². The van der Waals surface area contributed by atoms with Crippen molar-refractivity contribution in [2.24, 2.45) is 0 Å². The first kappa shape index (κ1) is 25.3. The number of benzene rings is 4. The van der Waals surface area contributed by atoms with Crippen molar-refractivity contribution >= 4 is 22.3 Å². The van der Waals surface area contributed by atoms with Gasteiger partial charge in [-0.2, -0.15) is 0 Å². The van der Waals surface area contributed by atoms with Gasteiger partial charge in [0.2, 0.25) is 0 Å². The molecule has 0 atom stereocenters. The standard InChI is InChI=1S/2C20H20/c2*1-13-5-3-7-15-9-11-17(19(13)15)18-12-10-16-8-4-6-14(2)20(16)18/h2*3-8H,9-12H2,1-2H3/b2*18-17+. The first-order valence-corrected chi connectivity index (χ1v) is 15.3. The van der Waals surface area contributed by atoms with E-state index in [0.717, 1.165) is 0 Å². The molecule has 4 aliphatic rings. The normalized spacial score (nSPS) is 20.1. The Hall–Kier alpha value is -3.64. The number of aryl methyl sites for hydroxylation is 8. The van der Waals surface area contributed by atoms with Gasteiger partial charge >= 0.3 is 0 Å². The van der Waals surface area contributed by atoms with Crippen molar-refractivity contribution in [3.63, 3.8) is 0 Å². The molecule has 0 aromatic heterocycles. The van der Waals surface area contributed by atoms with Crippen LogP contribution in [0.3, 0.4) is 0 Å². The van der Waals surface area contributed by atoms with Crippen LogP contribution in [0.4, 0.5) is 0 Å². The molecule has 8 rings (SSSR count). The molecule has 0 fully saturated rings. The van der Waals surface area contributed by atoms with Crippen LogP contribution in [-0.4, -0.2) is 0 Å². The minimum absolute atomic E-state index is 1.22. The maximum Gasteiger partial charge on any atom is -0.0160 e. The fraction of sp³-hybridized carbons (Fsp3) is 0.300. The molecule has 0 nitrogen and oxygen atoms in total. The van der Waals surface area contributed by atoms with Gasteiger partial charge in [0.1, 0.15) is 0 Å². The molecule has 0 saturated carbocycles. The Kier molecular flexibility index (Phi) is 6.38. The summed E-state index contributed by atoms with van der Waals surface area (Å²) in [6.45, 7) is 9.05. The molecular formula is C40H40. The lowest BCUT2D eigenvalue weighted by molar-refractivity contribution is 1.06. The van der Waals surface area contributed by atoms with Gasteiger partial charge in [0, 0.05) is 0 Å². The second kappa shape index (κ2) is 10.1. The van der Waals surface area contributed by atoms with Crippen LogP contribution in [0.1, 0.15) is 92.4 Å². The fourth-order valence-electron chi connectivity index (χ4n) is 8.22. The summed E-state index contributed by atoms with van der Waals surface area (Å²) >= 11 is 0. The van der Waals surface area contributed by atoms with Crippen molar-refractivity contribution in [1.29, 1.82) is 0 Å². The topological polar surface area (TPSA) is 0 Å². The van der Waals surface area contributed by atoms with Gasteiger partial charge < -0.3 is 0 Å². The van der Waals surface area contributed by atoms with E-state index in [1.807, 2.05) is 0 Å². The van der Waals surface area contributed by atoms with Crippen molar-refractivity contribution in [3.8, 4) is 0 Å². The van der Waals surface area contributed by atoms with Crippen molar-refractivity contribution in [2.75, 3.05) is 0 Å². The lowest BCUT2D eigenvalue weighted by Gasteiger charge is -2.12. The summed E-state index contributed by atoms with van der Waals surface area (Å²) in [5.74, 6) is 0. The van der Waals surface area contributed by atoms with Crippen molar-refractivity contribution in [2.45, 2.75) is 79.1 Å². The van der Waals surface area contributed by atoms with E-state index in [-0.39, 0.29) is 0 Å². The zero-order chi connectivity index (χ0) is 27.4. The van der Waals surface area contributed by atoms with Gasteiger partial charge in [0.15, 0.2) is 0 Å². The van der Waals surface area contributed by atoms with Crippen LogP contribution in [-0.2, 0) is 25.7 Å². The van der Waals surface area contributed by atoms with Crippen LogP contribution in [0, 0.1) is 27.7 Å². The molecule has 0 radical (unpaired) electrons. The van der Waals surface area contributed by atoms with Crippen molar-refractivity contribution in [3.05, 3.63) is 140 Å². The molecule has 0 unspecified atom stereocenters. The summed E-state index contributed by atoms with van der Waals surface area (Å²) in [5, 5.41) is 0. The van der Waals surface area contributed by atoms with E-state index in [0.29, 0.717) is 0 Å². The Bertz CT molecular complexity index is 1470. The minimum Gasteiger partial charge on any atom is -0.0617 e. The first-order valence-electron chi connectivity index (χ1n) is 15.3. The van der Waals surface area contributed by atoms with Gasteiger partial charge in [-0.3, -0.25) is 0 Å². The van der Waals surface area contributed by atoms with E-state index in [1.165, 1.54) is 73.6 Å². The highest BCUT2D eigenvalue weighted by Crippen LogP contribution is 2.47. The van der Waals surface area contributed by atoms with E-state index in [1.54, 1.807) is 66.8 Å². The number of rotatable bonds is 0. The quantitative estimate of drug-likeness (QED) is 0.216. The largest absolute Gasteiger partial charge is 0.0617 e. The average molecular weight is 521 g/mol. The van der Waals surface area contributed by atoms with Crippen LogP contribution in [0.5, 0.6) is 0 Å². The van der Waals surface area contributed by atoms with Crippen LogP contribution in [0.25, 0.3) is 22.3 Å². The monoisotopic (exact) mass is 520 g/mol. The fourth-order valence-corrected chi connectivity index (χ4v) is 8.22. The van der Waals surface area contributed by atoms with Crippen LogP contribution in [0.2, 0.25) is 0 Å². The van der Waals surface area contributed by atoms with Crippen molar-refractivity contribution < 1.29 is 0 Å². The molecule has 0 heteroatoms. The summed E-state index contributed by atoms with van der Waals surface area (Å²) in [6.07, 6.45) is 9.78. The zero-order valence-corrected chi connectivity index (χ0v) is 24.6. The van der Waals surface area contributed by atoms with E-state index in [2.05, 4.69) is 100 Å². The van der Waals surface area contributed by atoms with Gasteiger partial charge in [-0.25, -0.2) is 0 Å². The van der Waals surface area contributed by atoms with Gasteiger partial charge in [-0.05, 0) is 168 Å². The molecule has 40 heavy (non-hydrogen) atoms. The molecule has 0 heterocycles. The lowest BCUT2D eigenvalue weighted by atomic mass is 9.92. The number of allylic oxidation sites excluding steroid dienone is 4. The molecule has 200 valence electrons. The average Bonchev–Trinajstić information content (AvgIpc) is 3.74. The molecule has 4 aromatic rings. The smallest absolute Gasteiger partial charge is 0.0160 e. The molecule has 0 saturated heterocycles. The molecule has 0 amide bonds. The summed E-state index contributed by atoms with van der Waals surface area (Å²) in [6, 6.07) is 27.1. The molecular weight excluding hydrogens is 480 g/mol. The molecule has 4 aliphatic carbocycles. The highest BCUT2D eigenvalue weighted by atomic mass is 14.3. The maximum absolute atomic E-state index is 2.31. The van der Waals surface area contributed by atoms with Crippen LogP contribution < -0.4 is 0 Å². The van der Waals surface area contributed by atoms with Crippen LogP contribution in [0.15, 0.2) is 72.8 Å². The summed E-state index contributed by atoms with van der Waals surface area (Å²) in [5.41, 5.74) is 24.7. The number of hydrogen-bond donors (Lipinski definition) is 0. The lowest BCUT2D eigenvalue weighted by Crippen LogP contribution is -1.91. The predicted octanol–water partition coefficient (Wildman–Crippen LogP) is 10.2. The third-order valence-electron chi connectivity index (χ3n) is 9.95. The van der Waals surface area contributed by atoms with E-state index < -0.39 is 0 Å². The highest BCUT2D eigenvalue weighted by molar-refractivity contribution is 5.98. The third-order valence-corrected chi connectivity index (χ3v) is 9.95. The Morgan fingerprint density at radius 1 is 0.300 bits per heavy atom. The van der Waals surface area contributed by atoms with Gasteiger partial charge in [-0.15, -0.1) is 0 Å². The Labute approximate surface area is 240 Å². The molecule has 0 aliphatic heterocycles. The SMILES string of the molecule is Cc1cccc2c1/C(=C1\CCc3cccc(C)c31)CC2.Cc1cccc2c1/C(=C1\CCc3cccc(C)c31)CC2. The first-order chi connectivity index (χ1) is 19.5. The summed E-state index contributed by atoms with van der Waals surface area (Å²) in [7, 11) is 0. The Morgan fingerprint density at radius 2 is 0.525 bits per heavy atom. The highest BCUT2D eigenvalue weighted by Gasteiger charge is 2.28.